The van der Waals surface area contributed by atoms with Gasteiger partial charge in [0.2, 0.25) is 10.0 Å². The van der Waals surface area contributed by atoms with Gasteiger partial charge in [-0.1, -0.05) is 6.07 Å². The number of benzene rings is 1. The average Bonchev–Trinajstić information content (AvgIpc) is 2.89. The van der Waals surface area contributed by atoms with Crippen LogP contribution in [-0.2, 0) is 16.6 Å². The van der Waals surface area contributed by atoms with E-state index < -0.39 is 10.0 Å². The molecule has 0 saturated carbocycles. The predicted octanol–water partition coefficient (Wildman–Crippen LogP) is 1.82. The Balaban J connectivity index is 2.26. The van der Waals surface area contributed by atoms with Gasteiger partial charge in [-0.2, -0.15) is 0 Å². The number of methoxy groups -OCH3 is 1. The summed E-state index contributed by atoms with van der Waals surface area (Å²) < 4.78 is 32.0. The number of nitrogens with two attached hydrogens (primary N) is 1. The van der Waals surface area contributed by atoms with Gasteiger partial charge in [0.15, 0.2) is 0 Å². The molecule has 2 aromatic rings. The van der Waals surface area contributed by atoms with E-state index in [1.165, 1.54) is 30.6 Å². The van der Waals surface area contributed by atoms with Gasteiger partial charge in [-0.05, 0) is 29.6 Å². The molecule has 19 heavy (non-hydrogen) atoms. The van der Waals surface area contributed by atoms with Crippen LogP contribution in [0.2, 0.25) is 0 Å². The Labute approximate surface area is 116 Å². The maximum absolute atomic E-state index is 12.2. The van der Waals surface area contributed by atoms with Crippen LogP contribution >= 0.6 is 11.3 Å². The molecule has 0 spiro atoms. The largest absolute Gasteiger partial charge is 0.495 e. The maximum Gasteiger partial charge on any atom is 0.244 e. The Kier molecular flexibility index (Phi) is 4.08. The summed E-state index contributed by atoms with van der Waals surface area (Å²) in [7, 11) is -2.23. The summed E-state index contributed by atoms with van der Waals surface area (Å²) in [4.78, 5) is 0.984. The molecule has 0 amide bonds. The third-order valence-electron chi connectivity index (χ3n) is 2.49. The van der Waals surface area contributed by atoms with Gasteiger partial charge < -0.3 is 10.5 Å². The highest BCUT2D eigenvalue weighted by molar-refractivity contribution is 7.89. The number of nitrogens with one attached hydrogen (secondary N) is 1. The van der Waals surface area contributed by atoms with Crippen molar-refractivity contribution < 1.29 is 13.2 Å². The van der Waals surface area contributed by atoms with E-state index in [0.717, 1.165) is 4.88 Å². The summed E-state index contributed by atoms with van der Waals surface area (Å²) >= 11 is 1.49. The molecule has 0 atom stereocenters. The van der Waals surface area contributed by atoms with Crippen LogP contribution in [0.3, 0.4) is 0 Å². The van der Waals surface area contributed by atoms with Crippen LogP contribution in [0.15, 0.2) is 40.6 Å². The van der Waals surface area contributed by atoms with Crippen molar-refractivity contribution in [2.75, 3.05) is 12.8 Å². The summed E-state index contributed by atoms with van der Waals surface area (Å²) in [5.74, 6) is 0.271. The van der Waals surface area contributed by atoms with E-state index in [-0.39, 0.29) is 17.2 Å². The van der Waals surface area contributed by atoms with Crippen molar-refractivity contribution in [1.29, 1.82) is 0 Å². The van der Waals surface area contributed by atoms with Crippen molar-refractivity contribution in [1.82, 2.24) is 4.72 Å². The van der Waals surface area contributed by atoms with Crippen LogP contribution in [0, 0.1) is 0 Å². The number of hydrogen-bond donors (Lipinski definition) is 2. The van der Waals surface area contributed by atoms with E-state index in [1.807, 2.05) is 17.5 Å². The zero-order valence-corrected chi connectivity index (χ0v) is 11.9. The van der Waals surface area contributed by atoms with Gasteiger partial charge in [0.1, 0.15) is 10.6 Å². The van der Waals surface area contributed by atoms with E-state index in [2.05, 4.69) is 4.72 Å². The average molecular weight is 298 g/mol. The number of rotatable bonds is 5. The quantitative estimate of drug-likeness (QED) is 0.825. The second kappa shape index (κ2) is 5.60. The van der Waals surface area contributed by atoms with Crippen LogP contribution in [0.4, 0.5) is 5.69 Å². The van der Waals surface area contributed by atoms with Gasteiger partial charge in [0.25, 0.3) is 0 Å². The van der Waals surface area contributed by atoms with Crippen LogP contribution in [0.1, 0.15) is 4.88 Å². The molecular weight excluding hydrogens is 284 g/mol. The van der Waals surface area contributed by atoms with Crippen molar-refractivity contribution in [3.05, 3.63) is 40.6 Å². The fourth-order valence-electron chi connectivity index (χ4n) is 1.56. The third-order valence-corrected chi connectivity index (χ3v) is 4.79. The Morgan fingerprint density at radius 1 is 1.37 bits per heavy atom. The first-order valence-electron chi connectivity index (χ1n) is 5.48. The van der Waals surface area contributed by atoms with Gasteiger partial charge in [-0.3, -0.25) is 0 Å². The van der Waals surface area contributed by atoms with Crippen LogP contribution in [-0.4, -0.2) is 15.5 Å². The van der Waals surface area contributed by atoms with E-state index in [1.54, 1.807) is 6.07 Å². The lowest BCUT2D eigenvalue weighted by Crippen LogP contribution is -2.23. The van der Waals surface area contributed by atoms with Crippen molar-refractivity contribution in [2.24, 2.45) is 0 Å². The zero-order chi connectivity index (χ0) is 13.9. The fraction of sp³-hybridized carbons (Fsp3) is 0.167. The fourth-order valence-corrected chi connectivity index (χ4v) is 3.50. The summed E-state index contributed by atoms with van der Waals surface area (Å²) in [6.07, 6.45) is 0. The van der Waals surface area contributed by atoms with E-state index in [0.29, 0.717) is 5.69 Å². The van der Waals surface area contributed by atoms with Crippen molar-refractivity contribution in [3.8, 4) is 5.75 Å². The molecular formula is C12H14N2O3S2. The molecule has 1 heterocycles. The molecule has 0 aliphatic heterocycles. The third kappa shape index (κ3) is 3.25. The molecule has 0 aliphatic carbocycles. The molecule has 0 unspecified atom stereocenters. The lowest BCUT2D eigenvalue weighted by atomic mass is 10.3. The maximum atomic E-state index is 12.2. The van der Waals surface area contributed by atoms with E-state index >= 15 is 0 Å². The molecule has 2 rings (SSSR count). The highest BCUT2D eigenvalue weighted by Gasteiger charge is 2.19. The first kappa shape index (κ1) is 13.9. The number of ether oxygens (including phenoxy) is 1. The Bertz CT molecular complexity index is 652. The minimum Gasteiger partial charge on any atom is -0.495 e. The normalized spacial score (nSPS) is 11.4. The van der Waals surface area contributed by atoms with Crippen LogP contribution in [0.25, 0.3) is 0 Å². The molecule has 0 bridgehead atoms. The monoisotopic (exact) mass is 298 g/mol. The molecule has 0 radical (unpaired) electrons. The second-order valence-electron chi connectivity index (χ2n) is 3.81. The van der Waals surface area contributed by atoms with Crippen molar-refractivity contribution >= 4 is 27.0 Å². The molecule has 102 valence electrons. The van der Waals surface area contributed by atoms with E-state index in [9.17, 15) is 8.42 Å². The molecule has 1 aromatic carbocycles. The van der Waals surface area contributed by atoms with Gasteiger partial charge in [-0.25, -0.2) is 13.1 Å². The SMILES string of the molecule is COc1ccc(N)cc1S(=O)(=O)NCc1cccs1. The highest BCUT2D eigenvalue weighted by atomic mass is 32.2. The first-order chi connectivity index (χ1) is 9.03. The van der Waals surface area contributed by atoms with Crippen LogP contribution in [0.5, 0.6) is 5.75 Å². The summed E-state index contributed by atoms with van der Waals surface area (Å²) in [6.45, 7) is 0.248. The molecule has 1 aromatic heterocycles. The Morgan fingerprint density at radius 2 is 2.16 bits per heavy atom. The molecule has 0 fully saturated rings. The number of nitrogen functional groups attached to an aromatic ring is 1. The topological polar surface area (TPSA) is 81.4 Å². The molecule has 0 saturated heterocycles. The number of anilines is 1. The number of sulfonamides is 1. The summed E-state index contributed by atoms with van der Waals surface area (Å²) in [5.41, 5.74) is 6.00. The smallest absolute Gasteiger partial charge is 0.244 e. The van der Waals surface area contributed by atoms with Gasteiger partial charge >= 0.3 is 0 Å². The van der Waals surface area contributed by atoms with Gasteiger partial charge in [0.05, 0.1) is 7.11 Å². The summed E-state index contributed by atoms with van der Waals surface area (Å²) in [6, 6.07) is 8.25. The summed E-state index contributed by atoms with van der Waals surface area (Å²) in [5, 5.41) is 1.89. The molecule has 0 aliphatic rings. The van der Waals surface area contributed by atoms with Crippen LogP contribution < -0.4 is 15.2 Å². The number of thiophene rings is 1. The molecule has 5 nitrogen and oxygen atoms in total. The second-order valence-corrected chi connectivity index (χ2v) is 6.58. The standard InChI is InChI=1S/C12H14N2O3S2/c1-17-11-5-4-9(13)7-12(11)19(15,16)14-8-10-3-2-6-18-10/h2-7,14H,8,13H2,1H3. The lowest BCUT2D eigenvalue weighted by molar-refractivity contribution is 0.402. The lowest BCUT2D eigenvalue weighted by Gasteiger charge is -2.10. The highest BCUT2D eigenvalue weighted by Crippen LogP contribution is 2.26. The van der Waals surface area contributed by atoms with Gasteiger partial charge in [-0.15, -0.1) is 11.3 Å². The molecule has 3 N–H and O–H groups in total. The Hall–Kier alpha value is -1.57. The molecule has 7 heteroatoms. The minimum absolute atomic E-state index is 0.0477. The Morgan fingerprint density at radius 3 is 2.79 bits per heavy atom. The van der Waals surface area contributed by atoms with Crippen molar-refractivity contribution in [2.45, 2.75) is 11.4 Å². The van der Waals surface area contributed by atoms with Crippen molar-refractivity contribution in [3.63, 3.8) is 0 Å². The van der Waals surface area contributed by atoms with Gasteiger partial charge in [0, 0.05) is 17.1 Å². The first-order valence-corrected chi connectivity index (χ1v) is 7.85. The minimum atomic E-state index is -3.65. The number of hydrogen-bond acceptors (Lipinski definition) is 5. The zero-order valence-electron chi connectivity index (χ0n) is 10.3. The predicted molar refractivity (Wildman–Crippen MR) is 75.8 cm³/mol. The van der Waals surface area contributed by atoms with E-state index in [4.69, 9.17) is 10.5 Å².